The molecule has 4 heteroatoms. The molecule has 0 atom stereocenters. The smallest absolute Gasteiger partial charge is 0.161 e. The van der Waals surface area contributed by atoms with Crippen LogP contribution < -0.4 is 0 Å². The van der Waals surface area contributed by atoms with Crippen LogP contribution in [-0.4, -0.2) is 11.3 Å². The van der Waals surface area contributed by atoms with Crippen LogP contribution in [0, 0.1) is 11.3 Å². The second-order valence-corrected chi connectivity index (χ2v) is 3.98. The van der Waals surface area contributed by atoms with E-state index in [2.05, 4.69) is 11.1 Å². The molecule has 0 aliphatic heterocycles. The molecule has 1 heterocycles. The van der Waals surface area contributed by atoms with E-state index in [4.69, 9.17) is 5.26 Å². The standard InChI is InChI=1S/C8H8N2OS/c1-8(2,5-9)7-10-3-6(4-11)12-7/h3-4H,1-2H3. The Balaban J connectivity index is 3.05. The molecule has 3 nitrogen and oxygen atoms in total. The third-order valence-corrected chi connectivity index (χ3v) is 2.70. The zero-order valence-corrected chi connectivity index (χ0v) is 7.68. The van der Waals surface area contributed by atoms with E-state index in [1.807, 2.05) is 0 Å². The Morgan fingerprint density at radius 1 is 1.75 bits per heavy atom. The predicted octanol–water partition coefficient (Wildman–Crippen LogP) is 1.76. The maximum atomic E-state index is 10.3. The Hall–Kier alpha value is -1.21. The highest BCUT2D eigenvalue weighted by Gasteiger charge is 2.23. The van der Waals surface area contributed by atoms with Crippen molar-refractivity contribution in [1.29, 1.82) is 5.26 Å². The number of nitriles is 1. The first-order valence-corrected chi connectivity index (χ1v) is 4.24. The van der Waals surface area contributed by atoms with Gasteiger partial charge in [0.2, 0.25) is 0 Å². The number of thiazole rings is 1. The monoisotopic (exact) mass is 180 g/mol. The Kier molecular flexibility index (Phi) is 2.25. The van der Waals surface area contributed by atoms with Crippen LogP contribution in [0.4, 0.5) is 0 Å². The van der Waals surface area contributed by atoms with Gasteiger partial charge in [-0.1, -0.05) is 0 Å². The van der Waals surface area contributed by atoms with Gasteiger partial charge in [0.05, 0.1) is 10.9 Å². The summed E-state index contributed by atoms with van der Waals surface area (Å²) in [5, 5.41) is 9.44. The van der Waals surface area contributed by atoms with Crippen molar-refractivity contribution in [1.82, 2.24) is 4.98 Å². The summed E-state index contributed by atoms with van der Waals surface area (Å²) in [5.74, 6) is 0. The molecule has 12 heavy (non-hydrogen) atoms. The van der Waals surface area contributed by atoms with Gasteiger partial charge in [0, 0.05) is 6.20 Å². The maximum Gasteiger partial charge on any atom is 0.161 e. The Bertz CT molecular complexity index is 335. The van der Waals surface area contributed by atoms with Crippen molar-refractivity contribution in [2.45, 2.75) is 19.3 Å². The minimum atomic E-state index is -0.591. The highest BCUT2D eigenvalue weighted by molar-refractivity contribution is 7.13. The molecule has 0 saturated carbocycles. The van der Waals surface area contributed by atoms with Crippen LogP contribution in [0.25, 0.3) is 0 Å². The number of carbonyl (C=O) groups excluding carboxylic acids is 1. The van der Waals surface area contributed by atoms with Gasteiger partial charge in [-0.15, -0.1) is 11.3 Å². The molecule has 0 aliphatic carbocycles. The summed E-state index contributed by atoms with van der Waals surface area (Å²) in [4.78, 5) is 14.9. The molecule has 0 spiro atoms. The van der Waals surface area contributed by atoms with Gasteiger partial charge in [0.25, 0.3) is 0 Å². The largest absolute Gasteiger partial charge is 0.297 e. The SMILES string of the molecule is CC(C)(C#N)c1ncc(C=O)s1. The maximum absolute atomic E-state index is 10.3. The lowest BCUT2D eigenvalue weighted by molar-refractivity contribution is 0.112. The fourth-order valence-electron chi connectivity index (χ4n) is 0.678. The predicted molar refractivity (Wildman–Crippen MR) is 46.1 cm³/mol. The summed E-state index contributed by atoms with van der Waals surface area (Å²) >= 11 is 1.26. The number of hydrogen-bond donors (Lipinski definition) is 0. The molecule has 0 saturated heterocycles. The highest BCUT2D eigenvalue weighted by Crippen LogP contribution is 2.25. The van der Waals surface area contributed by atoms with Crippen molar-refractivity contribution < 1.29 is 4.79 Å². The molecule has 1 aromatic rings. The molecule has 0 aromatic carbocycles. The highest BCUT2D eigenvalue weighted by atomic mass is 32.1. The lowest BCUT2D eigenvalue weighted by atomic mass is 9.97. The average Bonchev–Trinajstić information content (AvgIpc) is 2.52. The van der Waals surface area contributed by atoms with Crippen molar-refractivity contribution in [3.8, 4) is 6.07 Å². The quantitative estimate of drug-likeness (QED) is 0.651. The van der Waals surface area contributed by atoms with E-state index in [0.29, 0.717) is 9.88 Å². The number of carbonyl (C=O) groups is 1. The van der Waals surface area contributed by atoms with Crippen LogP contribution in [0.2, 0.25) is 0 Å². The van der Waals surface area contributed by atoms with Crippen LogP contribution in [0.1, 0.15) is 28.5 Å². The molecule has 0 unspecified atom stereocenters. The molecule has 0 N–H and O–H groups in total. The Morgan fingerprint density at radius 2 is 2.42 bits per heavy atom. The number of aromatic nitrogens is 1. The lowest BCUT2D eigenvalue weighted by Crippen LogP contribution is -2.12. The number of aldehydes is 1. The van der Waals surface area contributed by atoms with Crippen LogP contribution in [-0.2, 0) is 5.41 Å². The number of nitrogens with zero attached hydrogens (tertiary/aromatic N) is 2. The molecule has 0 amide bonds. The normalized spacial score (nSPS) is 10.8. The third-order valence-electron chi connectivity index (χ3n) is 1.45. The number of rotatable bonds is 2. The minimum Gasteiger partial charge on any atom is -0.297 e. The molecule has 0 aliphatic rings. The summed E-state index contributed by atoms with van der Waals surface area (Å²) in [6.45, 7) is 3.56. The molecule has 1 rings (SSSR count). The van der Waals surface area contributed by atoms with Crippen LogP contribution >= 0.6 is 11.3 Å². The third kappa shape index (κ3) is 1.51. The van der Waals surface area contributed by atoms with Gasteiger partial charge < -0.3 is 0 Å². The van der Waals surface area contributed by atoms with Crippen molar-refractivity contribution in [3.05, 3.63) is 16.1 Å². The Labute approximate surface area is 74.7 Å². The molecule has 0 fully saturated rings. The second-order valence-electron chi connectivity index (χ2n) is 2.92. The topological polar surface area (TPSA) is 53.8 Å². The van der Waals surface area contributed by atoms with Crippen LogP contribution in [0.15, 0.2) is 6.20 Å². The van der Waals surface area contributed by atoms with Gasteiger partial charge in [-0.2, -0.15) is 5.26 Å². The molecule has 0 bridgehead atoms. The van der Waals surface area contributed by atoms with E-state index < -0.39 is 5.41 Å². The molecule has 1 aromatic heterocycles. The van der Waals surface area contributed by atoms with Crippen molar-refractivity contribution >= 4 is 17.6 Å². The van der Waals surface area contributed by atoms with Gasteiger partial charge in [-0.25, -0.2) is 4.98 Å². The summed E-state index contributed by atoms with van der Waals surface area (Å²) in [5.41, 5.74) is -0.591. The molecule has 0 radical (unpaired) electrons. The summed E-state index contributed by atoms with van der Waals surface area (Å²) < 4.78 is 0. The van der Waals surface area contributed by atoms with Crippen molar-refractivity contribution in [3.63, 3.8) is 0 Å². The van der Waals surface area contributed by atoms with E-state index >= 15 is 0 Å². The second kappa shape index (κ2) is 3.03. The zero-order valence-electron chi connectivity index (χ0n) is 6.87. The van der Waals surface area contributed by atoms with Gasteiger partial charge >= 0.3 is 0 Å². The van der Waals surface area contributed by atoms with Gasteiger partial charge in [-0.3, -0.25) is 4.79 Å². The van der Waals surface area contributed by atoms with Crippen LogP contribution in [0.5, 0.6) is 0 Å². The van der Waals surface area contributed by atoms with E-state index in [9.17, 15) is 4.79 Å². The zero-order chi connectivity index (χ0) is 9.19. The van der Waals surface area contributed by atoms with Gasteiger partial charge in [0.1, 0.15) is 10.4 Å². The fraction of sp³-hybridized carbons (Fsp3) is 0.375. The van der Waals surface area contributed by atoms with Gasteiger partial charge in [0.15, 0.2) is 6.29 Å². The molecular formula is C8H8N2OS. The first kappa shape index (κ1) is 8.88. The van der Waals surface area contributed by atoms with E-state index in [-0.39, 0.29) is 0 Å². The summed E-state index contributed by atoms with van der Waals surface area (Å²) in [6.07, 6.45) is 2.24. The summed E-state index contributed by atoms with van der Waals surface area (Å²) in [6, 6.07) is 2.13. The average molecular weight is 180 g/mol. The molecule has 62 valence electrons. The van der Waals surface area contributed by atoms with Crippen LogP contribution in [0.3, 0.4) is 0 Å². The van der Waals surface area contributed by atoms with Crippen molar-refractivity contribution in [2.75, 3.05) is 0 Å². The minimum absolute atomic E-state index is 0.563. The summed E-state index contributed by atoms with van der Waals surface area (Å²) in [7, 11) is 0. The fourth-order valence-corrected chi connectivity index (χ4v) is 1.46. The lowest BCUT2D eigenvalue weighted by Gasteiger charge is -2.09. The van der Waals surface area contributed by atoms with Crippen molar-refractivity contribution in [2.24, 2.45) is 0 Å². The first-order chi connectivity index (χ1) is 5.60. The van der Waals surface area contributed by atoms with E-state index in [1.54, 1.807) is 13.8 Å². The van der Waals surface area contributed by atoms with E-state index in [0.717, 1.165) is 6.29 Å². The first-order valence-electron chi connectivity index (χ1n) is 3.43. The van der Waals surface area contributed by atoms with Gasteiger partial charge in [-0.05, 0) is 13.8 Å². The Morgan fingerprint density at radius 3 is 2.83 bits per heavy atom. The number of hydrogen-bond acceptors (Lipinski definition) is 4. The van der Waals surface area contributed by atoms with E-state index in [1.165, 1.54) is 17.5 Å². The molecular weight excluding hydrogens is 172 g/mol.